The van der Waals surface area contributed by atoms with Gasteiger partial charge in [-0.2, -0.15) is 5.10 Å². The SMILES string of the molecule is COCCn1nc(C2CCCN(C(=O)c3ccc(F)c(F)c3)C2)n(C2CC2)c1=O. The van der Waals surface area contributed by atoms with Gasteiger partial charge in [0.05, 0.1) is 13.2 Å². The van der Waals surface area contributed by atoms with Gasteiger partial charge in [0.15, 0.2) is 11.6 Å². The average molecular weight is 406 g/mol. The molecule has 4 rings (SSSR count). The van der Waals surface area contributed by atoms with Crippen LogP contribution in [0.2, 0.25) is 0 Å². The van der Waals surface area contributed by atoms with E-state index < -0.39 is 11.6 Å². The highest BCUT2D eigenvalue weighted by atomic mass is 19.2. The molecule has 29 heavy (non-hydrogen) atoms. The fraction of sp³-hybridized carbons (Fsp3) is 0.550. The van der Waals surface area contributed by atoms with Crippen LogP contribution < -0.4 is 5.69 Å². The molecule has 1 aromatic carbocycles. The first-order valence-electron chi connectivity index (χ1n) is 9.92. The number of piperidine rings is 1. The van der Waals surface area contributed by atoms with Gasteiger partial charge in [0, 0.05) is 37.7 Å². The number of methoxy groups -OCH3 is 1. The maximum Gasteiger partial charge on any atom is 0.346 e. The highest BCUT2D eigenvalue weighted by Crippen LogP contribution is 2.37. The molecular formula is C20H24F2N4O3. The normalized spacial score (nSPS) is 19.6. The summed E-state index contributed by atoms with van der Waals surface area (Å²) in [5.41, 5.74) is -0.0154. The first kappa shape index (κ1) is 19.8. The zero-order valence-electron chi connectivity index (χ0n) is 16.3. The minimum atomic E-state index is -1.04. The number of carbonyl (C=O) groups excluding carboxylic acids is 1. The molecule has 0 spiro atoms. The van der Waals surface area contributed by atoms with E-state index in [9.17, 15) is 18.4 Å². The van der Waals surface area contributed by atoms with E-state index in [1.807, 2.05) is 0 Å². The van der Waals surface area contributed by atoms with Gasteiger partial charge in [-0.1, -0.05) is 0 Å². The topological polar surface area (TPSA) is 69.4 Å². The largest absolute Gasteiger partial charge is 0.383 e. The van der Waals surface area contributed by atoms with Gasteiger partial charge in [0.1, 0.15) is 5.82 Å². The van der Waals surface area contributed by atoms with Crippen LogP contribution in [0.15, 0.2) is 23.0 Å². The Morgan fingerprint density at radius 2 is 2.03 bits per heavy atom. The summed E-state index contributed by atoms with van der Waals surface area (Å²) >= 11 is 0. The number of likely N-dealkylation sites (tertiary alicyclic amines) is 1. The monoisotopic (exact) mass is 406 g/mol. The second kappa shape index (κ2) is 8.06. The molecule has 1 unspecified atom stereocenters. The molecule has 2 fully saturated rings. The molecule has 9 heteroatoms. The van der Waals surface area contributed by atoms with Crippen LogP contribution in [0.3, 0.4) is 0 Å². The molecule has 1 amide bonds. The van der Waals surface area contributed by atoms with Crippen LogP contribution in [-0.4, -0.2) is 52.0 Å². The van der Waals surface area contributed by atoms with Crippen LogP contribution in [-0.2, 0) is 11.3 Å². The first-order chi connectivity index (χ1) is 14.0. The van der Waals surface area contributed by atoms with Crippen molar-refractivity contribution in [1.82, 2.24) is 19.2 Å². The van der Waals surface area contributed by atoms with Crippen molar-refractivity contribution in [3.63, 3.8) is 0 Å². The van der Waals surface area contributed by atoms with Crippen LogP contribution in [0.25, 0.3) is 0 Å². The second-order valence-corrected chi connectivity index (χ2v) is 7.68. The Bertz CT molecular complexity index is 967. The number of aromatic nitrogens is 3. The molecule has 1 aliphatic heterocycles. The third-order valence-corrected chi connectivity index (χ3v) is 5.56. The Labute approximate surface area is 166 Å². The van der Waals surface area contributed by atoms with E-state index in [1.165, 1.54) is 10.7 Å². The van der Waals surface area contributed by atoms with Gasteiger partial charge in [-0.05, 0) is 43.9 Å². The van der Waals surface area contributed by atoms with E-state index in [4.69, 9.17) is 4.74 Å². The fourth-order valence-corrected chi connectivity index (χ4v) is 3.90. The Morgan fingerprint density at radius 1 is 1.24 bits per heavy atom. The summed E-state index contributed by atoms with van der Waals surface area (Å²) in [6.45, 7) is 1.70. The molecule has 2 aromatic rings. The molecule has 0 radical (unpaired) electrons. The van der Waals surface area contributed by atoms with E-state index >= 15 is 0 Å². The van der Waals surface area contributed by atoms with Gasteiger partial charge >= 0.3 is 5.69 Å². The predicted molar refractivity (Wildman–Crippen MR) is 101 cm³/mol. The number of hydrogen-bond acceptors (Lipinski definition) is 4. The Balaban J connectivity index is 1.57. The van der Waals surface area contributed by atoms with Crippen LogP contribution in [0, 0.1) is 11.6 Å². The van der Waals surface area contributed by atoms with Crippen LogP contribution >= 0.6 is 0 Å². The van der Waals surface area contributed by atoms with Crippen LogP contribution in [0.1, 0.15) is 53.8 Å². The van der Waals surface area contributed by atoms with Crippen LogP contribution in [0.5, 0.6) is 0 Å². The van der Waals surface area contributed by atoms with Gasteiger partial charge in [-0.25, -0.2) is 18.3 Å². The molecule has 1 aliphatic carbocycles. The third kappa shape index (κ3) is 3.96. The van der Waals surface area contributed by atoms with Crippen molar-refractivity contribution in [2.45, 2.75) is 44.2 Å². The molecule has 1 atom stereocenters. The summed E-state index contributed by atoms with van der Waals surface area (Å²) in [6, 6.07) is 3.36. The zero-order valence-corrected chi connectivity index (χ0v) is 16.3. The number of amides is 1. The van der Waals surface area contributed by atoms with E-state index in [0.29, 0.717) is 32.1 Å². The van der Waals surface area contributed by atoms with E-state index in [-0.39, 0.29) is 29.1 Å². The molecule has 1 saturated heterocycles. The minimum Gasteiger partial charge on any atom is -0.383 e. The lowest BCUT2D eigenvalue weighted by atomic mass is 9.96. The maximum absolute atomic E-state index is 13.5. The smallest absolute Gasteiger partial charge is 0.346 e. The summed E-state index contributed by atoms with van der Waals surface area (Å²) in [5, 5.41) is 4.56. The number of hydrogen-bond donors (Lipinski definition) is 0. The number of rotatable bonds is 6. The van der Waals surface area contributed by atoms with Crippen molar-refractivity contribution in [1.29, 1.82) is 0 Å². The van der Waals surface area contributed by atoms with E-state index in [2.05, 4.69) is 5.10 Å². The third-order valence-electron chi connectivity index (χ3n) is 5.56. The molecule has 1 saturated carbocycles. The number of carbonyl (C=O) groups is 1. The van der Waals surface area contributed by atoms with Crippen molar-refractivity contribution in [2.75, 3.05) is 26.8 Å². The predicted octanol–water partition coefficient (Wildman–Crippen LogP) is 2.32. The molecule has 1 aromatic heterocycles. The molecule has 156 valence electrons. The lowest BCUT2D eigenvalue weighted by molar-refractivity contribution is 0.0702. The first-order valence-corrected chi connectivity index (χ1v) is 9.92. The quantitative estimate of drug-likeness (QED) is 0.738. The molecule has 0 N–H and O–H groups in total. The number of nitrogens with zero attached hydrogens (tertiary/aromatic N) is 4. The number of ether oxygens (including phenoxy) is 1. The van der Waals surface area contributed by atoms with Gasteiger partial charge in [0.25, 0.3) is 5.91 Å². The Hall–Kier alpha value is -2.55. The summed E-state index contributed by atoms with van der Waals surface area (Å²) in [4.78, 5) is 27.2. The van der Waals surface area contributed by atoms with Crippen molar-refractivity contribution in [2.24, 2.45) is 0 Å². The molecule has 2 heterocycles. The molecule has 7 nitrogen and oxygen atoms in total. The molecular weight excluding hydrogens is 382 g/mol. The van der Waals surface area contributed by atoms with Gasteiger partial charge in [0.2, 0.25) is 0 Å². The highest BCUT2D eigenvalue weighted by molar-refractivity contribution is 5.94. The summed E-state index contributed by atoms with van der Waals surface area (Å²) in [7, 11) is 1.58. The zero-order chi connectivity index (χ0) is 20.5. The highest BCUT2D eigenvalue weighted by Gasteiger charge is 2.35. The molecule has 0 bridgehead atoms. The Morgan fingerprint density at radius 3 is 2.72 bits per heavy atom. The van der Waals surface area contributed by atoms with Gasteiger partial charge in [-0.3, -0.25) is 9.36 Å². The van der Waals surface area contributed by atoms with Gasteiger partial charge in [-0.15, -0.1) is 0 Å². The summed E-state index contributed by atoms with van der Waals surface area (Å²) < 4.78 is 35.0. The van der Waals surface area contributed by atoms with E-state index in [0.717, 1.165) is 37.8 Å². The van der Waals surface area contributed by atoms with Crippen molar-refractivity contribution < 1.29 is 18.3 Å². The van der Waals surface area contributed by atoms with Crippen LogP contribution in [0.4, 0.5) is 8.78 Å². The number of benzene rings is 1. The van der Waals surface area contributed by atoms with Crippen molar-refractivity contribution >= 4 is 5.91 Å². The maximum atomic E-state index is 13.5. The average Bonchev–Trinajstić information content (AvgIpc) is 3.51. The van der Waals surface area contributed by atoms with Crippen molar-refractivity contribution in [3.8, 4) is 0 Å². The lowest BCUT2D eigenvalue weighted by Gasteiger charge is -2.32. The Kier molecular flexibility index (Phi) is 5.49. The van der Waals surface area contributed by atoms with Gasteiger partial charge < -0.3 is 9.64 Å². The van der Waals surface area contributed by atoms with E-state index in [1.54, 1.807) is 16.6 Å². The standard InChI is InChI=1S/C20H24F2N4O3/c1-29-10-9-25-20(28)26(15-5-6-15)18(23-25)14-3-2-8-24(12-14)19(27)13-4-7-16(21)17(22)11-13/h4,7,11,14-15H,2-3,5-6,8-10,12H2,1H3. The minimum absolute atomic E-state index is 0.0740. The number of halogens is 2. The summed E-state index contributed by atoms with van der Waals surface area (Å²) in [6.07, 6.45) is 3.47. The second-order valence-electron chi connectivity index (χ2n) is 7.68. The molecule has 2 aliphatic rings. The lowest BCUT2D eigenvalue weighted by Crippen LogP contribution is -2.40. The van der Waals surface area contributed by atoms with Crippen molar-refractivity contribution in [3.05, 3.63) is 51.7 Å². The fourth-order valence-electron chi connectivity index (χ4n) is 3.90. The summed E-state index contributed by atoms with van der Waals surface area (Å²) in [5.74, 6) is -1.73.